The average Bonchev–Trinajstić information content (AvgIpc) is 3.12. The summed E-state index contributed by atoms with van der Waals surface area (Å²) in [5.41, 5.74) is 8.01. The molecule has 2 aromatic rings. The Balaban J connectivity index is 1.89. The van der Waals surface area contributed by atoms with Crippen LogP contribution in [0.1, 0.15) is 37.4 Å². The van der Waals surface area contributed by atoms with E-state index < -0.39 is 12.6 Å². The highest BCUT2D eigenvalue weighted by molar-refractivity contribution is 5.79. The van der Waals surface area contributed by atoms with Crippen LogP contribution in [0.4, 0.5) is 18.9 Å². The lowest BCUT2D eigenvalue weighted by Crippen LogP contribution is -2.10. The van der Waals surface area contributed by atoms with Crippen molar-refractivity contribution < 1.29 is 13.2 Å². The summed E-state index contributed by atoms with van der Waals surface area (Å²) >= 11 is 0. The third-order valence-corrected chi connectivity index (χ3v) is 3.59. The van der Waals surface area contributed by atoms with E-state index in [0.717, 1.165) is 29.7 Å². The van der Waals surface area contributed by atoms with E-state index >= 15 is 0 Å². The zero-order valence-electron chi connectivity index (χ0n) is 11.0. The summed E-state index contributed by atoms with van der Waals surface area (Å²) in [5.74, 6) is 1.31. The average molecular weight is 283 g/mol. The number of benzene rings is 1. The fourth-order valence-corrected chi connectivity index (χ4v) is 2.49. The number of aryl methyl sites for hydroxylation is 1. The lowest BCUT2D eigenvalue weighted by molar-refractivity contribution is -0.135. The number of nitrogens with two attached hydrogens (primary N) is 1. The minimum absolute atomic E-state index is 0.0824. The molecule has 0 radical (unpaired) electrons. The summed E-state index contributed by atoms with van der Waals surface area (Å²) in [4.78, 5) is 4.55. The van der Waals surface area contributed by atoms with Gasteiger partial charge in [0.15, 0.2) is 0 Å². The van der Waals surface area contributed by atoms with Crippen molar-refractivity contribution in [3.63, 3.8) is 0 Å². The molecule has 0 bridgehead atoms. The zero-order valence-corrected chi connectivity index (χ0v) is 11.0. The Bertz CT molecular complexity index is 626. The fourth-order valence-electron chi connectivity index (χ4n) is 2.49. The lowest BCUT2D eigenvalue weighted by Gasteiger charge is -2.10. The second kappa shape index (κ2) is 4.68. The van der Waals surface area contributed by atoms with E-state index in [1.807, 2.05) is 10.6 Å². The number of hydrogen-bond acceptors (Lipinski definition) is 2. The molecule has 0 saturated heterocycles. The van der Waals surface area contributed by atoms with Gasteiger partial charge in [0.05, 0.1) is 11.0 Å². The Morgan fingerprint density at radius 1 is 1.30 bits per heavy atom. The van der Waals surface area contributed by atoms with Gasteiger partial charge < -0.3 is 10.3 Å². The Morgan fingerprint density at radius 3 is 2.70 bits per heavy atom. The van der Waals surface area contributed by atoms with E-state index in [4.69, 9.17) is 5.73 Å². The van der Waals surface area contributed by atoms with Crippen LogP contribution in [0.5, 0.6) is 0 Å². The molecule has 3 rings (SSSR count). The van der Waals surface area contributed by atoms with Gasteiger partial charge in [-0.1, -0.05) is 0 Å². The van der Waals surface area contributed by atoms with Crippen LogP contribution in [0, 0.1) is 0 Å². The molecule has 0 aliphatic heterocycles. The molecule has 1 aliphatic rings. The molecule has 0 unspecified atom stereocenters. The van der Waals surface area contributed by atoms with Crippen LogP contribution < -0.4 is 5.73 Å². The molecule has 108 valence electrons. The van der Waals surface area contributed by atoms with Crippen LogP contribution in [0.25, 0.3) is 11.0 Å². The molecule has 0 spiro atoms. The van der Waals surface area contributed by atoms with Gasteiger partial charge in [0.1, 0.15) is 5.82 Å². The second-order valence-corrected chi connectivity index (χ2v) is 5.36. The minimum Gasteiger partial charge on any atom is -0.399 e. The van der Waals surface area contributed by atoms with Crippen molar-refractivity contribution in [2.75, 3.05) is 5.73 Å². The van der Waals surface area contributed by atoms with Gasteiger partial charge in [0.2, 0.25) is 0 Å². The van der Waals surface area contributed by atoms with Crippen molar-refractivity contribution in [2.24, 2.45) is 0 Å². The van der Waals surface area contributed by atoms with E-state index in [9.17, 15) is 13.2 Å². The third-order valence-electron chi connectivity index (χ3n) is 3.59. The molecule has 0 atom stereocenters. The van der Waals surface area contributed by atoms with E-state index in [0.29, 0.717) is 18.2 Å². The first-order valence-corrected chi connectivity index (χ1v) is 6.76. The van der Waals surface area contributed by atoms with E-state index in [1.165, 1.54) is 0 Å². The summed E-state index contributed by atoms with van der Waals surface area (Å²) in [6.07, 6.45) is -2.64. The van der Waals surface area contributed by atoms with E-state index in [2.05, 4.69) is 4.98 Å². The normalized spacial score (nSPS) is 15.9. The first kappa shape index (κ1) is 13.3. The molecule has 1 aromatic heterocycles. The monoisotopic (exact) mass is 283 g/mol. The summed E-state index contributed by atoms with van der Waals surface area (Å²) < 4.78 is 38.8. The molecule has 1 heterocycles. The van der Waals surface area contributed by atoms with Gasteiger partial charge in [-0.05, 0) is 37.5 Å². The summed E-state index contributed by atoms with van der Waals surface area (Å²) in [6.45, 7) is 0.353. The van der Waals surface area contributed by atoms with Crippen LogP contribution in [0.15, 0.2) is 18.2 Å². The van der Waals surface area contributed by atoms with Gasteiger partial charge in [-0.25, -0.2) is 4.98 Å². The van der Waals surface area contributed by atoms with Crippen molar-refractivity contribution >= 4 is 16.7 Å². The van der Waals surface area contributed by atoms with Crippen molar-refractivity contribution in [3.8, 4) is 0 Å². The van der Waals surface area contributed by atoms with Crippen LogP contribution in [0.2, 0.25) is 0 Å². The van der Waals surface area contributed by atoms with Gasteiger partial charge in [-0.3, -0.25) is 0 Å². The van der Waals surface area contributed by atoms with Crippen LogP contribution >= 0.6 is 0 Å². The standard InChI is InChI=1S/C14H16F3N3/c15-14(16,17)6-1-7-20-12-5-4-10(18)8-11(12)19-13(20)9-2-3-9/h4-5,8-9H,1-3,6-7,18H2. The lowest BCUT2D eigenvalue weighted by atomic mass is 10.2. The zero-order chi connectivity index (χ0) is 14.3. The maximum atomic E-state index is 12.3. The topological polar surface area (TPSA) is 43.8 Å². The molecule has 6 heteroatoms. The minimum atomic E-state index is -4.10. The summed E-state index contributed by atoms with van der Waals surface area (Å²) in [5, 5.41) is 0. The van der Waals surface area contributed by atoms with Gasteiger partial charge in [0.25, 0.3) is 0 Å². The number of imidazole rings is 1. The summed E-state index contributed by atoms with van der Waals surface area (Å²) in [6, 6.07) is 5.39. The van der Waals surface area contributed by atoms with Crippen molar-refractivity contribution in [1.29, 1.82) is 0 Å². The Labute approximate surface area is 114 Å². The van der Waals surface area contributed by atoms with Gasteiger partial charge >= 0.3 is 6.18 Å². The highest BCUT2D eigenvalue weighted by Gasteiger charge is 2.30. The molecule has 2 N–H and O–H groups in total. The molecular weight excluding hydrogens is 267 g/mol. The smallest absolute Gasteiger partial charge is 0.389 e. The Kier molecular flexibility index (Phi) is 3.11. The molecule has 1 fully saturated rings. The Morgan fingerprint density at radius 2 is 2.05 bits per heavy atom. The number of alkyl halides is 3. The molecule has 20 heavy (non-hydrogen) atoms. The largest absolute Gasteiger partial charge is 0.399 e. The molecule has 0 amide bonds. The predicted octanol–water partition coefficient (Wildman–Crippen LogP) is 3.84. The Hall–Kier alpha value is -1.72. The number of nitrogens with zero attached hydrogens (tertiary/aromatic N) is 2. The number of fused-ring (bicyclic) bond motifs is 1. The van der Waals surface area contributed by atoms with Gasteiger partial charge in [-0.2, -0.15) is 13.2 Å². The van der Waals surface area contributed by atoms with Crippen molar-refractivity contribution in [2.45, 2.75) is 44.3 Å². The van der Waals surface area contributed by atoms with Crippen LogP contribution in [-0.4, -0.2) is 15.7 Å². The summed E-state index contributed by atoms with van der Waals surface area (Å²) in [7, 11) is 0. The molecule has 3 nitrogen and oxygen atoms in total. The third kappa shape index (κ3) is 2.73. The van der Waals surface area contributed by atoms with Crippen LogP contribution in [0.3, 0.4) is 0 Å². The highest BCUT2D eigenvalue weighted by Crippen LogP contribution is 2.41. The SMILES string of the molecule is Nc1ccc2c(c1)nc(C1CC1)n2CCCC(F)(F)F. The maximum Gasteiger partial charge on any atom is 0.389 e. The molecular formula is C14H16F3N3. The predicted molar refractivity (Wildman–Crippen MR) is 71.4 cm³/mol. The highest BCUT2D eigenvalue weighted by atomic mass is 19.4. The number of nitrogen functional groups attached to an aromatic ring is 1. The van der Waals surface area contributed by atoms with Gasteiger partial charge in [0, 0.05) is 24.6 Å². The maximum absolute atomic E-state index is 12.3. The second-order valence-electron chi connectivity index (χ2n) is 5.36. The molecule has 1 saturated carbocycles. The number of aromatic nitrogens is 2. The number of hydrogen-bond donors (Lipinski definition) is 1. The number of halogens is 3. The van der Waals surface area contributed by atoms with Crippen molar-refractivity contribution in [1.82, 2.24) is 9.55 Å². The number of anilines is 1. The molecule has 1 aliphatic carbocycles. The quantitative estimate of drug-likeness (QED) is 0.866. The fraction of sp³-hybridized carbons (Fsp3) is 0.500. The number of rotatable bonds is 4. The first-order chi connectivity index (χ1) is 9.44. The van der Waals surface area contributed by atoms with E-state index in [-0.39, 0.29) is 6.42 Å². The molecule has 1 aromatic carbocycles. The van der Waals surface area contributed by atoms with Gasteiger partial charge in [-0.15, -0.1) is 0 Å². The van der Waals surface area contributed by atoms with E-state index in [1.54, 1.807) is 12.1 Å². The van der Waals surface area contributed by atoms with Crippen molar-refractivity contribution in [3.05, 3.63) is 24.0 Å². The van der Waals surface area contributed by atoms with Crippen LogP contribution in [-0.2, 0) is 6.54 Å². The first-order valence-electron chi connectivity index (χ1n) is 6.76.